The van der Waals surface area contributed by atoms with Crippen molar-refractivity contribution >= 4 is 50.3 Å². The van der Waals surface area contributed by atoms with Crippen molar-refractivity contribution in [2.75, 3.05) is 0 Å². The van der Waals surface area contributed by atoms with E-state index >= 15 is 0 Å². The molecule has 5 nitrogen and oxygen atoms in total. The number of nitrogens with zero attached hydrogens (tertiary/aromatic N) is 1. The number of carbonyl (C=O) groups excluding carboxylic acids is 1. The number of nitrogens with one attached hydrogen (secondary N) is 1. The molecule has 2 N–H and O–H groups in total. The fourth-order valence-corrected chi connectivity index (χ4v) is 4.62. The van der Waals surface area contributed by atoms with Crippen LogP contribution in [0.5, 0.6) is 0 Å². The molecule has 0 radical (unpaired) electrons. The number of benzene rings is 2. The van der Waals surface area contributed by atoms with Crippen molar-refractivity contribution in [1.29, 1.82) is 0 Å². The second kappa shape index (κ2) is 8.82. The van der Waals surface area contributed by atoms with Crippen molar-refractivity contribution in [3.63, 3.8) is 0 Å². The normalized spacial score (nSPS) is 19.0. The van der Waals surface area contributed by atoms with Gasteiger partial charge in [0.15, 0.2) is 0 Å². The summed E-state index contributed by atoms with van der Waals surface area (Å²) in [5, 5.41) is 13.7. The molecule has 1 amide bonds. The predicted octanol–water partition coefficient (Wildman–Crippen LogP) is 5.48. The first kappa shape index (κ1) is 20.9. The van der Waals surface area contributed by atoms with E-state index < -0.39 is 5.97 Å². The summed E-state index contributed by atoms with van der Waals surface area (Å²) < 4.78 is 3.06. The third-order valence-corrected chi connectivity index (χ3v) is 6.65. The number of carboxylic acids is 1. The summed E-state index contributed by atoms with van der Waals surface area (Å²) in [7, 11) is 0. The Morgan fingerprint density at radius 1 is 1.07 bits per heavy atom. The number of aliphatic carboxylic acids is 1. The molecule has 0 bridgehead atoms. The second-order valence-electron chi connectivity index (χ2n) is 7.79. The van der Waals surface area contributed by atoms with Gasteiger partial charge in [0.25, 0.3) is 5.91 Å². The molecule has 3 aromatic rings. The molecule has 1 aliphatic rings. The molecular weight excluding hydrogens is 468 g/mol. The average molecular weight is 490 g/mol. The van der Waals surface area contributed by atoms with Crippen molar-refractivity contribution in [2.45, 2.75) is 38.3 Å². The number of hydrogen-bond donors (Lipinski definition) is 2. The minimum absolute atomic E-state index is 0.00582. The van der Waals surface area contributed by atoms with E-state index in [-0.39, 0.29) is 17.9 Å². The van der Waals surface area contributed by atoms with Gasteiger partial charge in [-0.25, -0.2) is 0 Å². The van der Waals surface area contributed by atoms with Crippen molar-refractivity contribution in [3.05, 3.63) is 69.3 Å². The summed E-state index contributed by atoms with van der Waals surface area (Å²) in [6.07, 6.45) is 4.50. The van der Waals surface area contributed by atoms with Crippen LogP contribution in [0.4, 0.5) is 0 Å². The third-order valence-electron chi connectivity index (χ3n) is 5.79. The average Bonchev–Trinajstić information content (AvgIpc) is 3.15. The zero-order valence-corrected chi connectivity index (χ0v) is 18.6. The molecule has 0 saturated heterocycles. The Bertz CT molecular complexity index is 1090. The van der Waals surface area contributed by atoms with Gasteiger partial charge in [0.05, 0.1) is 17.0 Å². The maximum Gasteiger partial charge on any atom is 0.306 e. The van der Waals surface area contributed by atoms with Gasteiger partial charge >= 0.3 is 5.97 Å². The summed E-state index contributed by atoms with van der Waals surface area (Å²) >= 11 is 9.85. The SMILES string of the molecule is O=C(NC1CCC(C(=O)O)CC1)c1ccc(Cl)c2ccn(Cc3ccc(Br)cc3)c12. The van der Waals surface area contributed by atoms with Gasteiger partial charge in [-0.3, -0.25) is 9.59 Å². The first-order valence-corrected chi connectivity index (χ1v) is 11.1. The maximum absolute atomic E-state index is 13.1. The zero-order chi connectivity index (χ0) is 21.3. The highest BCUT2D eigenvalue weighted by atomic mass is 79.9. The molecule has 0 spiro atoms. The molecule has 1 aliphatic carbocycles. The number of carboxylic acid groups (broad SMARTS) is 1. The lowest BCUT2D eigenvalue weighted by molar-refractivity contribution is -0.142. The van der Waals surface area contributed by atoms with Crippen molar-refractivity contribution in [2.24, 2.45) is 5.92 Å². The van der Waals surface area contributed by atoms with Gasteiger partial charge in [-0.2, -0.15) is 0 Å². The predicted molar refractivity (Wildman–Crippen MR) is 121 cm³/mol. The summed E-state index contributed by atoms with van der Waals surface area (Å²) in [6.45, 7) is 0.626. The first-order chi connectivity index (χ1) is 14.4. The van der Waals surface area contributed by atoms with Crippen molar-refractivity contribution in [3.8, 4) is 0 Å². The van der Waals surface area contributed by atoms with Crippen LogP contribution < -0.4 is 5.32 Å². The molecule has 30 heavy (non-hydrogen) atoms. The van der Waals surface area contributed by atoms with Crippen molar-refractivity contribution in [1.82, 2.24) is 9.88 Å². The molecule has 2 aromatic carbocycles. The Balaban J connectivity index is 1.58. The van der Waals surface area contributed by atoms with Gasteiger partial charge in [0.2, 0.25) is 0 Å². The number of fused-ring (bicyclic) bond motifs is 1. The largest absolute Gasteiger partial charge is 0.481 e. The fourth-order valence-electron chi connectivity index (χ4n) is 4.14. The van der Waals surface area contributed by atoms with Crippen LogP contribution in [0.1, 0.15) is 41.6 Å². The molecule has 1 fully saturated rings. The number of halogens is 2. The monoisotopic (exact) mass is 488 g/mol. The summed E-state index contributed by atoms with van der Waals surface area (Å²) in [6, 6.07) is 13.5. The lowest BCUT2D eigenvalue weighted by Crippen LogP contribution is -2.38. The maximum atomic E-state index is 13.1. The van der Waals surface area contributed by atoms with E-state index in [9.17, 15) is 9.59 Å². The van der Waals surface area contributed by atoms with Gasteiger partial charge in [0.1, 0.15) is 0 Å². The summed E-state index contributed by atoms with van der Waals surface area (Å²) in [5.74, 6) is -1.19. The van der Waals surface area contributed by atoms with E-state index in [2.05, 4.69) is 21.2 Å². The highest BCUT2D eigenvalue weighted by molar-refractivity contribution is 9.10. The molecule has 7 heteroatoms. The Morgan fingerprint density at radius 2 is 1.77 bits per heavy atom. The first-order valence-electron chi connectivity index (χ1n) is 9.98. The zero-order valence-electron chi connectivity index (χ0n) is 16.3. The van der Waals surface area contributed by atoms with Crippen LogP contribution in [-0.2, 0) is 11.3 Å². The van der Waals surface area contributed by atoms with Crippen LogP contribution in [0, 0.1) is 5.92 Å². The molecule has 0 unspecified atom stereocenters. The van der Waals surface area contributed by atoms with E-state index in [1.807, 2.05) is 41.1 Å². The van der Waals surface area contributed by atoms with E-state index in [4.69, 9.17) is 16.7 Å². The van der Waals surface area contributed by atoms with Crippen LogP contribution in [0.2, 0.25) is 5.02 Å². The van der Waals surface area contributed by atoms with E-state index in [0.29, 0.717) is 42.8 Å². The standard InChI is InChI=1S/C23H22BrClN2O3/c24-16-5-1-14(2-6-16)13-27-12-11-18-20(25)10-9-19(21(18)27)22(28)26-17-7-3-15(4-8-17)23(29)30/h1-2,5-6,9-12,15,17H,3-4,7-8,13H2,(H,26,28)(H,29,30). The van der Waals surface area contributed by atoms with Gasteiger partial charge in [-0.15, -0.1) is 0 Å². The van der Waals surface area contributed by atoms with Crippen LogP contribution in [0.3, 0.4) is 0 Å². The van der Waals surface area contributed by atoms with Crippen LogP contribution >= 0.6 is 27.5 Å². The Hall–Kier alpha value is -2.31. The molecule has 0 aliphatic heterocycles. The Kier molecular flexibility index (Phi) is 6.16. The lowest BCUT2D eigenvalue weighted by Gasteiger charge is -2.27. The molecule has 0 atom stereocenters. The molecule has 1 saturated carbocycles. The van der Waals surface area contributed by atoms with E-state index in [1.165, 1.54) is 0 Å². The van der Waals surface area contributed by atoms with Crippen LogP contribution in [0.25, 0.3) is 10.9 Å². The minimum atomic E-state index is -0.745. The number of hydrogen-bond acceptors (Lipinski definition) is 2. The molecule has 156 valence electrons. The lowest BCUT2D eigenvalue weighted by atomic mass is 9.86. The highest BCUT2D eigenvalue weighted by Crippen LogP contribution is 2.30. The fraction of sp³-hybridized carbons (Fsp3) is 0.304. The van der Waals surface area contributed by atoms with Gasteiger partial charge in [-0.05, 0) is 61.6 Å². The van der Waals surface area contributed by atoms with Crippen LogP contribution in [0.15, 0.2) is 53.1 Å². The minimum Gasteiger partial charge on any atom is -0.481 e. The third kappa shape index (κ3) is 4.40. The Labute approximate surface area is 188 Å². The van der Waals surface area contributed by atoms with Gasteiger partial charge in [0, 0.05) is 33.7 Å². The molecule has 1 aromatic heterocycles. The summed E-state index contributed by atoms with van der Waals surface area (Å²) in [5.41, 5.74) is 2.51. The smallest absolute Gasteiger partial charge is 0.306 e. The van der Waals surface area contributed by atoms with Gasteiger partial charge in [-0.1, -0.05) is 39.7 Å². The van der Waals surface area contributed by atoms with Crippen LogP contribution in [-0.4, -0.2) is 27.6 Å². The molecule has 1 heterocycles. The number of carbonyl (C=O) groups is 2. The van der Waals surface area contributed by atoms with E-state index in [0.717, 1.165) is 20.9 Å². The van der Waals surface area contributed by atoms with Crippen molar-refractivity contribution < 1.29 is 14.7 Å². The van der Waals surface area contributed by atoms with E-state index in [1.54, 1.807) is 12.1 Å². The molecular formula is C23H22BrClN2O3. The summed E-state index contributed by atoms with van der Waals surface area (Å²) in [4.78, 5) is 24.3. The Morgan fingerprint density at radius 3 is 2.43 bits per heavy atom. The second-order valence-corrected chi connectivity index (χ2v) is 9.11. The quantitative estimate of drug-likeness (QED) is 0.498. The topological polar surface area (TPSA) is 71.3 Å². The number of aromatic nitrogens is 1. The molecule has 4 rings (SSSR count). The number of rotatable bonds is 5. The number of amides is 1. The highest BCUT2D eigenvalue weighted by Gasteiger charge is 2.27. The van der Waals surface area contributed by atoms with Gasteiger partial charge < -0.3 is 15.0 Å².